The highest BCUT2D eigenvalue weighted by molar-refractivity contribution is 7.88. The van der Waals surface area contributed by atoms with Gasteiger partial charge in [-0.05, 0) is 40.6 Å². The molecule has 0 spiro atoms. The van der Waals surface area contributed by atoms with E-state index in [9.17, 15) is 23.1 Å². The lowest BCUT2D eigenvalue weighted by molar-refractivity contribution is -0.143. The van der Waals surface area contributed by atoms with Crippen LogP contribution < -0.4 is 10.1 Å². The second-order valence-corrected chi connectivity index (χ2v) is 10.7. The number of piperazine rings is 1. The van der Waals surface area contributed by atoms with Crippen LogP contribution in [-0.4, -0.2) is 79.6 Å². The summed E-state index contributed by atoms with van der Waals surface area (Å²) in [6.07, 6.45) is 1.14. The topological polar surface area (TPSA) is 116 Å². The molecule has 4 rings (SSSR count). The molecule has 3 aromatic rings. The first-order chi connectivity index (χ1) is 17.2. The number of aliphatic carboxylic acids is 1. The lowest BCUT2D eigenvalue weighted by Gasteiger charge is -2.36. The number of hydrogen-bond donors (Lipinski definition) is 2. The molecule has 1 unspecified atom stereocenters. The molecule has 0 aliphatic carbocycles. The van der Waals surface area contributed by atoms with Gasteiger partial charge < -0.3 is 15.2 Å². The fourth-order valence-corrected chi connectivity index (χ4v) is 5.12. The van der Waals surface area contributed by atoms with Crippen molar-refractivity contribution in [1.29, 1.82) is 0 Å². The molecule has 1 fully saturated rings. The molecule has 0 bridgehead atoms. The average molecular weight is 512 g/mol. The zero-order valence-electron chi connectivity index (χ0n) is 20.0. The summed E-state index contributed by atoms with van der Waals surface area (Å²) in [5, 5.41) is 14.6. The van der Waals surface area contributed by atoms with Gasteiger partial charge in [0.25, 0.3) is 5.91 Å². The summed E-state index contributed by atoms with van der Waals surface area (Å²) >= 11 is 0. The number of hydrogen-bond acceptors (Lipinski definition) is 6. The molecule has 1 amide bonds. The Balaban J connectivity index is 1.31. The maximum atomic E-state index is 12.6. The number of fused-ring (bicyclic) bond motifs is 1. The van der Waals surface area contributed by atoms with E-state index in [1.54, 1.807) is 29.2 Å². The van der Waals surface area contributed by atoms with Crippen molar-refractivity contribution < 1.29 is 27.9 Å². The molecule has 1 aliphatic heterocycles. The van der Waals surface area contributed by atoms with Crippen LogP contribution in [0.2, 0.25) is 0 Å². The van der Waals surface area contributed by atoms with Gasteiger partial charge >= 0.3 is 5.97 Å². The Bertz CT molecular complexity index is 1330. The highest BCUT2D eigenvalue weighted by Gasteiger charge is 2.31. The van der Waals surface area contributed by atoms with Crippen molar-refractivity contribution in [2.24, 2.45) is 0 Å². The van der Waals surface area contributed by atoms with Gasteiger partial charge in [-0.3, -0.25) is 14.5 Å². The molecule has 0 radical (unpaired) electrons. The van der Waals surface area contributed by atoms with Gasteiger partial charge in [-0.25, -0.2) is 8.42 Å². The molecule has 36 heavy (non-hydrogen) atoms. The van der Waals surface area contributed by atoms with Gasteiger partial charge in [0.1, 0.15) is 18.4 Å². The van der Waals surface area contributed by atoms with E-state index in [4.69, 9.17) is 4.74 Å². The largest absolute Gasteiger partial charge is 0.489 e. The average Bonchev–Trinajstić information content (AvgIpc) is 2.87. The highest BCUT2D eigenvalue weighted by atomic mass is 32.2. The standard InChI is InChI=1S/C26H29N3O6S/c1-36(33,34)29-15-13-28(14-16-29)24(26(31)32)17-27-25(30)20-9-11-22(12-10-20)35-18-21-7-4-6-19-5-2-3-8-23(19)21/h2-12,24H,13-18H2,1H3,(H,27,30)(H,31,32). The fourth-order valence-electron chi connectivity index (χ4n) is 4.29. The molecule has 0 aromatic heterocycles. The maximum Gasteiger partial charge on any atom is 0.322 e. The Morgan fingerprint density at radius 2 is 1.64 bits per heavy atom. The van der Waals surface area contributed by atoms with Crippen LogP contribution in [0.15, 0.2) is 66.7 Å². The van der Waals surface area contributed by atoms with Gasteiger partial charge in [0.15, 0.2) is 0 Å². The Kier molecular flexibility index (Phi) is 7.88. The van der Waals surface area contributed by atoms with Gasteiger partial charge in [-0.15, -0.1) is 0 Å². The van der Waals surface area contributed by atoms with E-state index < -0.39 is 27.9 Å². The van der Waals surface area contributed by atoms with Crippen LogP contribution in [0.3, 0.4) is 0 Å². The van der Waals surface area contributed by atoms with Gasteiger partial charge in [0, 0.05) is 38.3 Å². The molecule has 10 heteroatoms. The van der Waals surface area contributed by atoms with E-state index in [1.165, 1.54) is 4.31 Å². The van der Waals surface area contributed by atoms with E-state index in [0.29, 0.717) is 17.9 Å². The summed E-state index contributed by atoms with van der Waals surface area (Å²) in [6.45, 7) is 1.30. The SMILES string of the molecule is CS(=O)(=O)N1CCN(C(CNC(=O)c2ccc(OCc3cccc4ccccc34)cc2)C(=O)O)CC1. The van der Waals surface area contributed by atoms with E-state index in [0.717, 1.165) is 22.6 Å². The van der Waals surface area contributed by atoms with Crippen molar-refractivity contribution >= 4 is 32.7 Å². The number of sulfonamides is 1. The van der Waals surface area contributed by atoms with Crippen molar-refractivity contribution in [3.05, 3.63) is 77.9 Å². The monoisotopic (exact) mass is 511 g/mol. The first-order valence-electron chi connectivity index (χ1n) is 11.6. The third-order valence-electron chi connectivity index (χ3n) is 6.31. The van der Waals surface area contributed by atoms with Crippen molar-refractivity contribution in [3.63, 3.8) is 0 Å². The van der Waals surface area contributed by atoms with E-state index in [1.807, 2.05) is 24.3 Å². The Hall–Kier alpha value is -3.47. The smallest absolute Gasteiger partial charge is 0.322 e. The van der Waals surface area contributed by atoms with Crippen LogP contribution in [0.25, 0.3) is 10.8 Å². The molecule has 1 atom stereocenters. The first kappa shape index (κ1) is 25.6. The molecule has 1 aliphatic rings. The number of nitrogens with one attached hydrogen (secondary N) is 1. The Morgan fingerprint density at radius 3 is 2.31 bits per heavy atom. The van der Waals surface area contributed by atoms with E-state index in [2.05, 4.69) is 23.5 Å². The molecule has 1 saturated heterocycles. The molecule has 190 valence electrons. The second kappa shape index (κ2) is 11.1. The molecular formula is C26H29N3O6S. The summed E-state index contributed by atoms with van der Waals surface area (Å²) < 4.78 is 30.6. The lowest BCUT2D eigenvalue weighted by Crippen LogP contribution is -2.56. The van der Waals surface area contributed by atoms with Crippen LogP contribution >= 0.6 is 0 Å². The fraction of sp³-hybridized carbons (Fsp3) is 0.308. The van der Waals surface area contributed by atoms with Crippen LogP contribution in [0.5, 0.6) is 5.75 Å². The molecular weight excluding hydrogens is 482 g/mol. The zero-order valence-corrected chi connectivity index (χ0v) is 20.8. The normalized spacial score (nSPS) is 15.9. The second-order valence-electron chi connectivity index (χ2n) is 8.71. The summed E-state index contributed by atoms with van der Waals surface area (Å²) in [5.74, 6) is -0.844. The van der Waals surface area contributed by atoms with Gasteiger partial charge in [0.05, 0.1) is 6.26 Å². The van der Waals surface area contributed by atoms with E-state index >= 15 is 0 Å². The van der Waals surface area contributed by atoms with Gasteiger partial charge in [-0.1, -0.05) is 42.5 Å². The van der Waals surface area contributed by atoms with Gasteiger partial charge in [0.2, 0.25) is 10.0 Å². The van der Waals surface area contributed by atoms with Gasteiger partial charge in [-0.2, -0.15) is 4.31 Å². The number of amides is 1. The van der Waals surface area contributed by atoms with E-state index in [-0.39, 0.29) is 32.7 Å². The number of nitrogens with zero attached hydrogens (tertiary/aromatic N) is 2. The van der Waals surface area contributed by atoms with Crippen molar-refractivity contribution in [3.8, 4) is 5.75 Å². The third-order valence-corrected chi connectivity index (χ3v) is 7.62. The summed E-state index contributed by atoms with van der Waals surface area (Å²) in [5.41, 5.74) is 1.45. The van der Waals surface area contributed by atoms with Crippen LogP contribution in [0.1, 0.15) is 15.9 Å². The van der Waals surface area contributed by atoms with Crippen LogP contribution in [-0.2, 0) is 21.4 Å². The third kappa shape index (κ3) is 6.20. The minimum atomic E-state index is -3.31. The number of carboxylic acids is 1. The predicted octanol–water partition coefficient (Wildman–Crippen LogP) is 2.18. The Morgan fingerprint density at radius 1 is 0.972 bits per heavy atom. The summed E-state index contributed by atoms with van der Waals surface area (Å²) in [4.78, 5) is 26.1. The predicted molar refractivity (Wildman–Crippen MR) is 136 cm³/mol. The minimum Gasteiger partial charge on any atom is -0.489 e. The van der Waals surface area contributed by atoms with Crippen molar-refractivity contribution in [1.82, 2.24) is 14.5 Å². The minimum absolute atomic E-state index is 0.0909. The summed E-state index contributed by atoms with van der Waals surface area (Å²) in [7, 11) is -3.31. The highest BCUT2D eigenvalue weighted by Crippen LogP contribution is 2.21. The number of ether oxygens (including phenoxy) is 1. The van der Waals surface area contributed by atoms with Crippen molar-refractivity contribution in [2.45, 2.75) is 12.6 Å². The molecule has 3 aromatic carbocycles. The van der Waals surface area contributed by atoms with Crippen LogP contribution in [0, 0.1) is 0 Å². The number of rotatable bonds is 9. The molecule has 1 heterocycles. The lowest BCUT2D eigenvalue weighted by atomic mass is 10.1. The maximum absolute atomic E-state index is 12.6. The quantitative estimate of drug-likeness (QED) is 0.452. The Labute approximate surface area is 210 Å². The van der Waals surface area contributed by atoms with Crippen LogP contribution in [0.4, 0.5) is 0 Å². The number of carbonyl (C=O) groups is 2. The first-order valence-corrected chi connectivity index (χ1v) is 13.5. The van der Waals surface area contributed by atoms with Crippen molar-refractivity contribution in [2.75, 3.05) is 39.0 Å². The summed E-state index contributed by atoms with van der Waals surface area (Å²) in [6, 6.07) is 19.9. The molecule has 2 N–H and O–H groups in total. The molecule has 9 nitrogen and oxygen atoms in total. The number of carboxylic acid groups (broad SMARTS) is 1. The number of carbonyl (C=O) groups excluding carboxylic acids is 1. The zero-order chi connectivity index (χ0) is 25.7. The number of benzene rings is 3. The molecule has 0 saturated carbocycles.